The quantitative estimate of drug-likeness (QED) is 0.942. The highest BCUT2D eigenvalue weighted by molar-refractivity contribution is 6.10. The Morgan fingerprint density at radius 1 is 1.09 bits per heavy atom. The summed E-state index contributed by atoms with van der Waals surface area (Å²) in [5.41, 5.74) is 3.47. The van der Waals surface area contributed by atoms with E-state index in [1.54, 1.807) is 0 Å². The fourth-order valence-corrected chi connectivity index (χ4v) is 2.68. The highest BCUT2D eigenvalue weighted by atomic mass is 16.3. The van der Waals surface area contributed by atoms with Crippen LogP contribution in [0.3, 0.4) is 0 Å². The first kappa shape index (κ1) is 14.8. The van der Waals surface area contributed by atoms with Crippen molar-refractivity contribution in [3.8, 4) is 0 Å². The average molecular weight is 295 g/mol. The van der Waals surface area contributed by atoms with Gasteiger partial charge in [0.25, 0.3) is 0 Å². The van der Waals surface area contributed by atoms with Crippen LogP contribution in [-0.4, -0.2) is 42.3 Å². The van der Waals surface area contributed by atoms with E-state index in [0.717, 1.165) is 23.8 Å². The Balaban J connectivity index is 1.98. The number of aliphatic hydroxyl groups is 1. The van der Waals surface area contributed by atoms with Gasteiger partial charge in [-0.3, -0.25) is 9.89 Å². The summed E-state index contributed by atoms with van der Waals surface area (Å²) >= 11 is 0. The van der Waals surface area contributed by atoms with Crippen LogP contribution in [0.4, 0.5) is 5.69 Å². The maximum absolute atomic E-state index is 9.19. The third-order valence-corrected chi connectivity index (χ3v) is 3.78. The number of β-amino-alcohol motifs (C(OH)–C–C–N with tert-alkyl or cyclic N) is 1. The first-order chi connectivity index (χ1) is 10.8. The lowest BCUT2D eigenvalue weighted by Gasteiger charge is -2.36. The van der Waals surface area contributed by atoms with Crippen molar-refractivity contribution in [3.63, 3.8) is 0 Å². The predicted octanol–water partition coefficient (Wildman–Crippen LogP) is 2.47. The van der Waals surface area contributed by atoms with Crippen LogP contribution in [0.5, 0.6) is 0 Å². The average Bonchev–Trinajstić information content (AvgIpc) is 2.56. The summed E-state index contributed by atoms with van der Waals surface area (Å²) in [6, 6.07) is 18.7. The largest absolute Gasteiger partial charge is 0.395 e. The van der Waals surface area contributed by atoms with E-state index >= 15 is 0 Å². The first-order valence-corrected chi connectivity index (χ1v) is 7.55. The monoisotopic (exact) mass is 295 g/mol. The van der Waals surface area contributed by atoms with Gasteiger partial charge in [0.2, 0.25) is 0 Å². The van der Waals surface area contributed by atoms with Crippen molar-refractivity contribution in [2.45, 2.75) is 6.92 Å². The van der Waals surface area contributed by atoms with Crippen molar-refractivity contribution < 1.29 is 5.11 Å². The van der Waals surface area contributed by atoms with Crippen molar-refractivity contribution in [2.75, 3.05) is 31.4 Å². The minimum atomic E-state index is 0.151. The Morgan fingerprint density at radius 2 is 1.91 bits per heavy atom. The van der Waals surface area contributed by atoms with Gasteiger partial charge in [0.15, 0.2) is 0 Å². The van der Waals surface area contributed by atoms with Crippen LogP contribution in [0.15, 0.2) is 59.6 Å². The van der Waals surface area contributed by atoms with Crippen LogP contribution < -0.4 is 4.90 Å². The summed E-state index contributed by atoms with van der Waals surface area (Å²) in [4.78, 5) is 9.09. The number of hydrogen-bond donors (Lipinski definition) is 1. The highest BCUT2D eigenvalue weighted by Crippen LogP contribution is 2.22. The van der Waals surface area contributed by atoms with Gasteiger partial charge < -0.3 is 10.0 Å². The van der Waals surface area contributed by atoms with E-state index in [1.807, 2.05) is 18.2 Å². The van der Waals surface area contributed by atoms with Crippen LogP contribution >= 0.6 is 0 Å². The van der Waals surface area contributed by atoms with Crippen LogP contribution in [0.1, 0.15) is 11.1 Å². The minimum Gasteiger partial charge on any atom is -0.395 e. The number of benzene rings is 2. The third kappa shape index (κ3) is 3.18. The summed E-state index contributed by atoms with van der Waals surface area (Å²) in [7, 11) is 0. The second-order valence-electron chi connectivity index (χ2n) is 5.52. The predicted molar refractivity (Wildman–Crippen MR) is 90.2 cm³/mol. The van der Waals surface area contributed by atoms with Crippen LogP contribution in [0, 0.1) is 6.92 Å². The molecule has 0 radical (unpaired) electrons. The zero-order valence-electron chi connectivity index (χ0n) is 12.8. The molecule has 0 saturated carbocycles. The van der Waals surface area contributed by atoms with Gasteiger partial charge in [-0.05, 0) is 24.6 Å². The van der Waals surface area contributed by atoms with E-state index in [1.165, 1.54) is 5.56 Å². The second-order valence-corrected chi connectivity index (χ2v) is 5.52. The minimum absolute atomic E-state index is 0.151. The van der Waals surface area contributed by atoms with Gasteiger partial charge in [0.05, 0.1) is 19.9 Å². The van der Waals surface area contributed by atoms with Gasteiger partial charge in [0.1, 0.15) is 5.84 Å². The van der Waals surface area contributed by atoms with E-state index in [2.05, 4.69) is 53.1 Å². The molecule has 0 unspecified atom stereocenters. The molecule has 2 aromatic carbocycles. The van der Waals surface area contributed by atoms with Gasteiger partial charge in [-0.15, -0.1) is 0 Å². The Labute approximate surface area is 131 Å². The van der Waals surface area contributed by atoms with Crippen molar-refractivity contribution >= 4 is 11.5 Å². The fraction of sp³-hybridized carbons (Fsp3) is 0.278. The molecular formula is C18H21N3O. The SMILES string of the molecule is Cc1cccc(N2CN(CCO)CN=C2c2ccccc2)c1. The summed E-state index contributed by atoms with van der Waals surface area (Å²) in [6.07, 6.45) is 0. The van der Waals surface area contributed by atoms with Crippen molar-refractivity contribution in [1.82, 2.24) is 4.90 Å². The molecule has 1 aliphatic heterocycles. The molecular weight excluding hydrogens is 274 g/mol. The Hall–Kier alpha value is -2.17. The number of aliphatic imine (C=N–C) groups is 1. The van der Waals surface area contributed by atoms with Crippen LogP contribution in [0.25, 0.3) is 0 Å². The molecule has 0 bridgehead atoms. The molecule has 114 valence electrons. The summed E-state index contributed by atoms with van der Waals surface area (Å²) in [6.45, 7) is 4.23. The van der Waals surface area contributed by atoms with E-state index in [4.69, 9.17) is 4.99 Å². The fourth-order valence-electron chi connectivity index (χ4n) is 2.68. The van der Waals surface area contributed by atoms with Gasteiger partial charge >= 0.3 is 0 Å². The smallest absolute Gasteiger partial charge is 0.137 e. The maximum Gasteiger partial charge on any atom is 0.137 e. The normalized spacial score (nSPS) is 15.7. The van der Waals surface area contributed by atoms with Crippen molar-refractivity contribution in [3.05, 3.63) is 65.7 Å². The number of rotatable bonds is 4. The standard InChI is InChI=1S/C18H21N3O/c1-15-6-5-9-17(12-15)21-14-20(10-11-22)13-19-18(21)16-7-3-2-4-8-16/h2-9,12,22H,10-11,13-14H2,1H3. The molecule has 0 aromatic heterocycles. The molecule has 1 heterocycles. The third-order valence-electron chi connectivity index (χ3n) is 3.78. The van der Waals surface area contributed by atoms with Gasteiger partial charge in [-0.1, -0.05) is 42.5 Å². The zero-order valence-corrected chi connectivity index (χ0v) is 12.8. The molecule has 0 saturated heterocycles. The molecule has 0 fully saturated rings. The van der Waals surface area contributed by atoms with Crippen LogP contribution in [0.2, 0.25) is 0 Å². The lowest BCUT2D eigenvalue weighted by molar-refractivity contribution is 0.199. The van der Waals surface area contributed by atoms with E-state index in [9.17, 15) is 5.11 Å². The number of aryl methyl sites for hydroxylation is 1. The second kappa shape index (κ2) is 6.73. The Morgan fingerprint density at radius 3 is 2.64 bits per heavy atom. The van der Waals surface area contributed by atoms with Crippen LogP contribution in [-0.2, 0) is 0 Å². The van der Waals surface area contributed by atoms with Crippen molar-refractivity contribution in [2.24, 2.45) is 4.99 Å². The molecule has 2 aromatic rings. The number of amidine groups is 1. The molecule has 4 heteroatoms. The maximum atomic E-state index is 9.19. The first-order valence-electron chi connectivity index (χ1n) is 7.55. The molecule has 4 nitrogen and oxygen atoms in total. The highest BCUT2D eigenvalue weighted by Gasteiger charge is 2.22. The van der Waals surface area contributed by atoms with Gasteiger partial charge in [-0.2, -0.15) is 0 Å². The number of aliphatic hydroxyl groups excluding tert-OH is 1. The molecule has 0 amide bonds. The lowest BCUT2D eigenvalue weighted by Crippen LogP contribution is -2.47. The summed E-state index contributed by atoms with van der Waals surface area (Å²) in [5, 5.41) is 9.19. The van der Waals surface area contributed by atoms with E-state index in [0.29, 0.717) is 13.2 Å². The molecule has 0 atom stereocenters. The summed E-state index contributed by atoms with van der Waals surface area (Å²) in [5.74, 6) is 0.986. The molecule has 1 aliphatic rings. The molecule has 0 aliphatic carbocycles. The Bertz CT molecular complexity index is 654. The summed E-state index contributed by atoms with van der Waals surface area (Å²) < 4.78 is 0. The molecule has 0 spiro atoms. The zero-order chi connectivity index (χ0) is 15.4. The van der Waals surface area contributed by atoms with Gasteiger partial charge in [-0.25, -0.2) is 0 Å². The van der Waals surface area contributed by atoms with Gasteiger partial charge in [0, 0.05) is 17.8 Å². The lowest BCUT2D eigenvalue weighted by atomic mass is 10.1. The number of nitrogens with zero attached hydrogens (tertiary/aromatic N) is 3. The molecule has 3 rings (SSSR count). The van der Waals surface area contributed by atoms with Crippen molar-refractivity contribution in [1.29, 1.82) is 0 Å². The molecule has 1 N–H and O–H groups in total. The number of anilines is 1. The Kier molecular flexibility index (Phi) is 4.51. The topological polar surface area (TPSA) is 39.1 Å². The molecule has 22 heavy (non-hydrogen) atoms. The number of hydrogen-bond acceptors (Lipinski definition) is 4. The van der Waals surface area contributed by atoms with E-state index < -0.39 is 0 Å². The van der Waals surface area contributed by atoms with E-state index in [-0.39, 0.29) is 6.61 Å².